The number of carbonyl (C=O) groups is 2. The molecule has 2 aliphatic rings. The molecule has 2 unspecified atom stereocenters. The molecule has 1 aliphatic heterocycles. The van der Waals surface area contributed by atoms with Crippen molar-refractivity contribution in [2.75, 3.05) is 6.54 Å². The predicted octanol–water partition coefficient (Wildman–Crippen LogP) is 0.448. The van der Waals surface area contributed by atoms with Gasteiger partial charge in [-0.25, -0.2) is 0 Å². The van der Waals surface area contributed by atoms with Gasteiger partial charge in [0.1, 0.15) is 5.78 Å². The van der Waals surface area contributed by atoms with Crippen LogP contribution in [0.5, 0.6) is 0 Å². The molecule has 2 fully saturated rings. The molecule has 15 heavy (non-hydrogen) atoms. The molecule has 4 nitrogen and oxygen atoms in total. The van der Waals surface area contributed by atoms with Gasteiger partial charge in [-0.05, 0) is 32.2 Å². The topological polar surface area (TPSA) is 63.4 Å². The summed E-state index contributed by atoms with van der Waals surface area (Å²) in [5.41, 5.74) is 5.38. The minimum absolute atomic E-state index is 0.0252. The Balaban J connectivity index is 2.10. The van der Waals surface area contributed by atoms with Crippen molar-refractivity contribution in [2.24, 2.45) is 5.73 Å². The second-order valence-electron chi connectivity index (χ2n) is 4.53. The summed E-state index contributed by atoms with van der Waals surface area (Å²) in [6.45, 7) is 0.851. The highest BCUT2D eigenvalue weighted by molar-refractivity contribution is 5.87. The Morgan fingerprint density at radius 2 is 2.07 bits per heavy atom. The van der Waals surface area contributed by atoms with E-state index < -0.39 is 0 Å². The van der Waals surface area contributed by atoms with Crippen molar-refractivity contribution in [1.82, 2.24) is 4.90 Å². The van der Waals surface area contributed by atoms with Crippen LogP contribution in [0.15, 0.2) is 0 Å². The van der Waals surface area contributed by atoms with E-state index in [1.54, 1.807) is 0 Å². The van der Waals surface area contributed by atoms with Gasteiger partial charge in [0.2, 0.25) is 5.91 Å². The third-order valence-electron chi connectivity index (χ3n) is 3.55. The van der Waals surface area contributed by atoms with Gasteiger partial charge in [-0.2, -0.15) is 0 Å². The highest BCUT2D eigenvalue weighted by Gasteiger charge is 2.37. The van der Waals surface area contributed by atoms with Crippen LogP contribution < -0.4 is 5.73 Å². The van der Waals surface area contributed by atoms with Crippen LogP contribution in [0.1, 0.15) is 38.5 Å². The monoisotopic (exact) mass is 210 g/mol. The molecule has 0 bridgehead atoms. The molecule has 84 valence electrons. The van der Waals surface area contributed by atoms with Crippen molar-refractivity contribution in [3.8, 4) is 0 Å². The van der Waals surface area contributed by atoms with E-state index >= 15 is 0 Å². The number of hydrogen-bond donors (Lipinski definition) is 1. The molecule has 0 radical (unpaired) electrons. The third kappa shape index (κ3) is 2.04. The van der Waals surface area contributed by atoms with Crippen molar-refractivity contribution in [3.05, 3.63) is 0 Å². The normalized spacial score (nSPS) is 33.2. The highest BCUT2D eigenvalue weighted by Crippen LogP contribution is 2.27. The van der Waals surface area contributed by atoms with E-state index in [0.29, 0.717) is 12.2 Å². The van der Waals surface area contributed by atoms with E-state index in [0.717, 1.165) is 38.6 Å². The Morgan fingerprint density at radius 1 is 1.27 bits per heavy atom. The van der Waals surface area contributed by atoms with E-state index in [9.17, 15) is 9.59 Å². The molecule has 2 atom stereocenters. The first-order valence-corrected chi connectivity index (χ1v) is 5.78. The molecule has 1 amide bonds. The standard InChI is InChI=1S/C11H18N2O2/c12-11(15)9-4-1-2-7-13(9)8-5-3-6-10(8)14/h8-9H,1-7H2,(H2,12,15). The first-order chi connectivity index (χ1) is 7.20. The molecule has 1 heterocycles. The van der Waals surface area contributed by atoms with Crippen molar-refractivity contribution in [2.45, 2.75) is 50.6 Å². The van der Waals surface area contributed by atoms with Crippen molar-refractivity contribution >= 4 is 11.7 Å². The molecule has 4 heteroatoms. The smallest absolute Gasteiger partial charge is 0.234 e. The number of likely N-dealkylation sites (tertiary alicyclic amines) is 1. The maximum absolute atomic E-state index is 11.6. The highest BCUT2D eigenvalue weighted by atomic mass is 16.1. The van der Waals surface area contributed by atoms with Gasteiger partial charge in [0.05, 0.1) is 12.1 Å². The molecular weight excluding hydrogens is 192 g/mol. The first kappa shape index (κ1) is 10.6. The van der Waals surface area contributed by atoms with E-state index in [1.807, 2.05) is 4.90 Å². The van der Waals surface area contributed by atoms with E-state index in [-0.39, 0.29) is 18.0 Å². The van der Waals surface area contributed by atoms with Crippen molar-refractivity contribution in [1.29, 1.82) is 0 Å². The quantitative estimate of drug-likeness (QED) is 0.719. The van der Waals surface area contributed by atoms with Crippen molar-refractivity contribution < 1.29 is 9.59 Å². The average molecular weight is 210 g/mol. The second kappa shape index (κ2) is 4.31. The Hall–Kier alpha value is -0.900. The number of ketones is 1. The summed E-state index contributed by atoms with van der Waals surface area (Å²) in [6, 6.07) is -0.228. The summed E-state index contributed by atoms with van der Waals surface area (Å²) in [6.07, 6.45) is 5.48. The number of rotatable bonds is 2. The molecule has 0 aromatic rings. The van der Waals surface area contributed by atoms with E-state index in [4.69, 9.17) is 5.73 Å². The number of primary amides is 1. The Bertz CT molecular complexity index is 276. The van der Waals surface area contributed by atoms with E-state index in [1.165, 1.54) is 0 Å². The van der Waals surface area contributed by atoms with Crippen LogP contribution in [0.2, 0.25) is 0 Å². The zero-order chi connectivity index (χ0) is 10.8. The van der Waals surface area contributed by atoms with Gasteiger partial charge >= 0.3 is 0 Å². The zero-order valence-electron chi connectivity index (χ0n) is 8.95. The zero-order valence-corrected chi connectivity index (χ0v) is 8.95. The van der Waals surface area contributed by atoms with Crippen LogP contribution in [-0.2, 0) is 9.59 Å². The minimum atomic E-state index is -0.269. The number of piperidine rings is 1. The van der Waals surface area contributed by atoms with Gasteiger partial charge in [-0.15, -0.1) is 0 Å². The Labute approximate surface area is 89.8 Å². The lowest BCUT2D eigenvalue weighted by Gasteiger charge is -2.37. The summed E-state index contributed by atoms with van der Waals surface area (Å²) in [5, 5.41) is 0. The van der Waals surface area contributed by atoms with Gasteiger partial charge in [0.25, 0.3) is 0 Å². The van der Waals surface area contributed by atoms with Gasteiger partial charge in [-0.1, -0.05) is 6.42 Å². The SMILES string of the molecule is NC(=O)C1CCCCN1C1CCCC1=O. The summed E-state index contributed by atoms with van der Waals surface area (Å²) in [7, 11) is 0. The molecular formula is C11H18N2O2. The Kier molecular flexibility index (Phi) is 3.05. The molecule has 1 saturated heterocycles. The molecule has 1 aliphatic carbocycles. The van der Waals surface area contributed by atoms with Gasteiger partial charge in [0, 0.05) is 6.42 Å². The number of amides is 1. The second-order valence-corrected chi connectivity index (χ2v) is 4.53. The maximum Gasteiger partial charge on any atom is 0.234 e. The number of hydrogen-bond acceptors (Lipinski definition) is 3. The largest absolute Gasteiger partial charge is 0.368 e. The number of nitrogens with zero attached hydrogens (tertiary/aromatic N) is 1. The lowest BCUT2D eigenvalue weighted by molar-refractivity contribution is -0.129. The fourth-order valence-electron chi connectivity index (χ4n) is 2.78. The van der Waals surface area contributed by atoms with Crippen LogP contribution in [0.3, 0.4) is 0 Å². The molecule has 0 aromatic heterocycles. The molecule has 0 aromatic carbocycles. The van der Waals surface area contributed by atoms with Gasteiger partial charge < -0.3 is 5.73 Å². The molecule has 0 spiro atoms. The summed E-state index contributed by atoms with van der Waals surface area (Å²) < 4.78 is 0. The summed E-state index contributed by atoms with van der Waals surface area (Å²) in [4.78, 5) is 25.0. The van der Waals surface area contributed by atoms with Gasteiger partial charge in [-0.3, -0.25) is 14.5 Å². The maximum atomic E-state index is 11.6. The lowest BCUT2D eigenvalue weighted by Crippen LogP contribution is -2.53. The van der Waals surface area contributed by atoms with Crippen LogP contribution in [0.4, 0.5) is 0 Å². The lowest BCUT2D eigenvalue weighted by atomic mass is 9.98. The fraction of sp³-hybridized carbons (Fsp3) is 0.818. The van der Waals surface area contributed by atoms with E-state index in [2.05, 4.69) is 0 Å². The third-order valence-corrected chi connectivity index (χ3v) is 3.55. The van der Waals surface area contributed by atoms with Crippen molar-refractivity contribution in [3.63, 3.8) is 0 Å². The fourth-order valence-corrected chi connectivity index (χ4v) is 2.78. The van der Waals surface area contributed by atoms with Crippen LogP contribution >= 0.6 is 0 Å². The summed E-state index contributed by atoms with van der Waals surface area (Å²) >= 11 is 0. The summed E-state index contributed by atoms with van der Waals surface area (Å²) in [5.74, 6) is 0.0255. The van der Waals surface area contributed by atoms with Crippen LogP contribution in [-0.4, -0.2) is 35.2 Å². The Morgan fingerprint density at radius 3 is 2.67 bits per heavy atom. The number of Topliss-reactive ketones (excluding diaryl/α,β-unsaturated/α-hetero) is 1. The molecule has 1 saturated carbocycles. The van der Waals surface area contributed by atoms with Gasteiger partial charge in [0.15, 0.2) is 0 Å². The van der Waals surface area contributed by atoms with Crippen LogP contribution in [0.25, 0.3) is 0 Å². The van der Waals surface area contributed by atoms with Crippen LogP contribution in [0, 0.1) is 0 Å². The minimum Gasteiger partial charge on any atom is -0.368 e. The molecule has 2 N–H and O–H groups in total. The molecule has 2 rings (SSSR count). The number of nitrogens with two attached hydrogens (primary N) is 1. The predicted molar refractivity (Wildman–Crippen MR) is 56.2 cm³/mol. The first-order valence-electron chi connectivity index (χ1n) is 5.78. The number of carbonyl (C=O) groups excluding carboxylic acids is 2. The average Bonchev–Trinajstić information content (AvgIpc) is 2.64.